The van der Waals surface area contributed by atoms with Gasteiger partial charge in [-0.25, -0.2) is 4.98 Å². The molecular formula is C12H16N2O3. The minimum Gasteiger partial charge on any atom is -0.473 e. The lowest BCUT2D eigenvalue weighted by atomic mass is 10.2. The SMILES string of the molecule is COC(=O)C1CC(Oc2cc(C)ccn2)CN1. The zero-order valence-electron chi connectivity index (χ0n) is 9.97. The van der Waals surface area contributed by atoms with Crippen LogP contribution in [0, 0.1) is 6.92 Å². The molecular weight excluding hydrogens is 220 g/mol. The van der Waals surface area contributed by atoms with Gasteiger partial charge in [-0.15, -0.1) is 0 Å². The molecule has 5 heteroatoms. The number of nitrogens with zero attached hydrogens (tertiary/aromatic N) is 1. The van der Waals surface area contributed by atoms with Crippen LogP contribution in [-0.4, -0.2) is 36.8 Å². The molecule has 2 unspecified atom stereocenters. The summed E-state index contributed by atoms with van der Waals surface area (Å²) in [5.74, 6) is 0.357. The first-order valence-corrected chi connectivity index (χ1v) is 5.59. The van der Waals surface area contributed by atoms with Gasteiger partial charge >= 0.3 is 5.97 Å². The van der Waals surface area contributed by atoms with Crippen LogP contribution < -0.4 is 10.1 Å². The van der Waals surface area contributed by atoms with E-state index in [4.69, 9.17) is 4.74 Å². The monoisotopic (exact) mass is 236 g/mol. The van der Waals surface area contributed by atoms with Gasteiger partial charge in [0.15, 0.2) is 0 Å². The zero-order chi connectivity index (χ0) is 12.3. The number of pyridine rings is 1. The number of methoxy groups -OCH3 is 1. The fourth-order valence-electron chi connectivity index (χ4n) is 1.86. The number of aromatic nitrogens is 1. The molecule has 0 spiro atoms. The quantitative estimate of drug-likeness (QED) is 0.782. The lowest BCUT2D eigenvalue weighted by Gasteiger charge is -2.11. The van der Waals surface area contributed by atoms with Crippen molar-refractivity contribution in [3.63, 3.8) is 0 Å². The molecule has 0 aromatic carbocycles. The molecule has 1 aromatic rings. The summed E-state index contributed by atoms with van der Waals surface area (Å²) in [5.41, 5.74) is 1.10. The molecule has 1 aliphatic heterocycles. The van der Waals surface area contributed by atoms with Gasteiger partial charge in [-0.05, 0) is 18.6 Å². The molecule has 2 atom stereocenters. The van der Waals surface area contributed by atoms with Gasteiger partial charge in [-0.1, -0.05) is 0 Å². The lowest BCUT2D eigenvalue weighted by molar-refractivity contribution is -0.142. The smallest absolute Gasteiger partial charge is 0.323 e. The van der Waals surface area contributed by atoms with Gasteiger partial charge in [0.05, 0.1) is 7.11 Å². The van der Waals surface area contributed by atoms with Crippen LogP contribution in [0.15, 0.2) is 18.3 Å². The molecule has 17 heavy (non-hydrogen) atoms. The highest BCUT2D eigenvalue weighted by molar-refractivity contribution is 5.76. The summed E-state index contributed by atoms with van der Waals surface area (Å²) < 4.78 is 10.4. The van der Waals surface area contributed by atoms with E-state index in [2.05, 4.69) is 15.0 Å². The van der Waals surface area contributed by atoms with E-state index in [1.54, 1.807) is 6.20 Å². The Morgan fingerprint density at radius 2 is 2.41 bits per heavy atom. The molecule has 0 aliphatic carbocycles. The topological polar surface area (TPSA) is 60.5 Å². The minimum absolute atomic E-state index is 0.0339. The van der Waals surface area contributed by atoms with Crippen molar-refractivity contribution in [1.29, 1.82) is 0 Å². The van der Waals surface area contributed by atoms with E-state index in [1.165, 1.54) is 7.11 Å². The minimum atomic E-state index is -0.269. The van der Waals surface area contributed by atoms with E-state index in [9.17, 15) is 4.79 Å². The fraction of sp³-hybridized carbons (Fsp3) is 0.500. The van der Waals surface area contributed by atoms with Crippen molar-refractivity contribution in [3.8, 4) is 5.88 Å². The van der Waals surface area contributed by atoms with Crippen LogP contribution in [0.25, 0.3) is 0 Å². The van der Waals surface area contributed by atoms with Crippen molar-refractivity contribution in [1.82, 2.24) is 10.3 Å². The second-order valence-electron chi connectivity index (χ2n) is 4.13. The second kappa shape index (κ2) is 5.14. The fourth-order valence-corrected chi connectivity index (χ4v) is 1.86. The maximum absolute atomic E-state index is 11.3. The largest absolute Gasteiger partial charge is 0.473 e. The second-order valence-corrected chi connectivity index (χ2v) is 4.13. The maximum atomic E-state index is 11.3. The summed E-state index contributed by atoms with van der Waals surface area (Å²) >= 11 is 0. The number of nitrogens with one attached hydrogen (secondary N) is 1. The van der Waals surface area contributed by atoms with Gasteiger partial charge < -0.3 is 14.8 Å². The van der Waals surface area contributed by atoms with Crippen LogP contribution in [0.4, 0.5) is 0 Å². The number of esters is 1. The predicted octanol–water partition coefficient (Wildman–Crippen LogP) is 0.672. The Labute approximate surface area is 100 Å². The third kappa shape index (κ3) is 2.94. The lowest BCUT2D eigenvalue weighted by Crippen LogP contribution is -2.31. The molecule has 2 heterocycles. The highest BCUT2D eigenvalue weighted by Crippen LogP contribution is 2.16. The molecule has 1 saturated heterocycles. The van der Waals surface area contributed by atoms with Crippen LogP contribution in [-0.2, 0) is 9.53 Å². The first-order valence-electron chi connectivity index (χ1n) is 5.59. The van der Waals surface area contributed by atoms with E-state index >= 15 is 0 Å². The van der Waals surface area contributed by atoms with Crippen LogP contribution >= 0.6 is 0 Å². The molecule has 92 valence electrons. The van der Waals surface area contributed by atoms with Gasteiger partial charge in [0, 0.05) is 25.2 Å². The molecule has 0 radical (unpaired) electrons. The summed E-state index contributed by atoms with van der Waals surface area (Å²) in [7, 11) is 1.39. The Morgan fingerprint density at radius 1 is 1.59 bits per heavy atom. The number of rotatable bonds is 3. The molecule has 0 saturated carbocycles. The van der Waals surface area contributed by atoms with Crippen molar-refractivity contribution in [2.75, 3.05) is 13.7 Å². The summed E-state index contributed by atoms with van der Waals surface area (Å²) in [6, 6.07) is 3.53. The first-order chi connectivity index (χ1) is 8.19. The summed E-state index contributed by atoms with van der Waals surface area (Å²) in [4.78, 5) is 15.4. The van der Waals surface area contributed by atoms with Crippen LogP contribution in [0.3, 0.4) is 0 Å². The molecule has 0 amide bonds. The average Bonchev–Trinajstić information content (AvgIpc) is 2.76. The molecule has 1 fully saturated rings. The standard InChI is InChI=1S/C12H16N2O3/c1-8-3-4-13-11(5-8)17-9-6-10(14-7-9)12(15)16-2/h3-5,9-10,14H,6-7H2,1-2H3. The van der Waals surface area contributed by atoms with Crippen molar-refractivity contribution in [3.05, 3.63) is 23.9 Å². The third-order valence-electron chi connectivity index (χ3n) is 2.75. The van der Waals surface area contributed by atoms with Gasteiger partial charge in [0.25, 0.3) is 0 Å². The number of hydrogen-bond donors (Lipinski definition) is 1. The zero-order valence-corrected chi connectivity index (χ0v) is 9.97. The Hall–Kier alpha value is -1.62. The van der Waals surface area contributed by atoms with Gasteiger partial charge in [-0.2, -0.15) is 0 Å². The third-order valence-corrected chi connectivity index (χ3v) is 2.75. The van der Waals surface area contributed by atoms with Crippen molar-refractivity contribution >= 4 is 5.97 Å². The normalized spacial score (nSPS) is 23.4. The maximum Gasteiger partial charge on any atom is 0.323 e. The van der Waals surface area contributed by atoms with Gasteiger partial charge in [-0.3, -0.25) is 4.79 Å². The highest BCUT2D eigenvalue weighted by atomic mass is 16.5. The van der Waals surface area contributed by atoms with E-state index in [0.29, 0.717) is 18.8 Å². The Bertz CT molecular complexity index is 408. The molecule has 1 aromatic heterocycles. The van der Waals surface area contributed by atoms with Crippen molar-refractivity contribution < 1.29 is 14.3 Å². The van der Waals surface area contributed by atoms with Crippen molar-refractivity contribution in [2.24, 2.45) is 0 Å². The molecule has 5 nitrogen and oxygen atoms in total. The van der Waals surface area contributed by atoms with Crippen LogP contribution in [0.1, 0.15) is 12.0 Å². The Balaban J connectivity index is 1.92. The first kappa shape index (κ1) is 11.9. The highest BCUT2D eigenvalue weighted by Gasteiger charge is 2.31. The predicted molar refractivity (Wildman–Crippen MR) is 61.8 cm³/mol. The Morgan fingerprint density at radius 3 is 3.12 bits per heavy atom. The number of hydrogen-bond acceptors (Lipinski definition) is 5. The van der Waals surface area contributed by atoms with Gasteiger partial charge in [0.1, 0.15) is 12.1 Å². The number of ether oxygens (including phenoxy) is 2. The van der Waals surface area contributed by atoms with Crippen LogP contribution in [0.2, 0.25) is 0 Å². The molecule has 1 N–H and O–H groups in total. The summed E-state index contributed by atoms with van der Waals surface area (Å²) in [6.07, 6.45) is 2.29. The molecule has 1 aliphatic rings. The van der Waals surface area contributed by atoms with E-state index in [-0.39, 0.29) is 18.1 Å². The van der Waals surface area contributed by atoms with Gasteiger partial charge in [0.2, 0.25) is 5.88 Å². The Kier molecular flexibility index (Phi) is 3.58. The van der Waals surface area contributed by atoms with E-state index in [0.717, 1.165) is 5.56 Å². The van der Waals surface area contributed by atoms with E-state index in [1.807, 2.05) is 19.1 Å². The average molecular weight is 236 g/mol. The van der Waals surface area contributed by atoms with E-state index < -0.39 is 0 Å². The summed E-state index contributed by atoms with van der Waals surface area (Å²) in [5, 5.41) is 3.06. The molecule has 2 rings (SSSR count). The number of carbonyl (C=O) groups excluding carboxylic acids is 1. The summed E-state index contributed by atoms with van der Waals surface area (Å²) in [6.45, 7) is 2.62. The van der Waals surface area contributed by atoms with Crippen molar-refractivity contribution in [2.45, 2.75) is 25.5 Å². The van der Waals surface area contributed by atoms with Crippen LogP contribution in [0.5, 0.6) is 5.88 Å². The number of aryl methyl sites for hydroxylation is 1. The molecule has 0 bridgehead atoms. The number of carbonyl (C=O) groups is 1.